The van der Waals surface area contributed by atoms with Crippen LogP contribution >= 0.6 is 11.3 Å². The van der Waals surface area contributed by atoms with Gasteiger partial charge in [0.25, 0.3) is 0 Å². The number of rotatable bonds is 5. The highest BCUT2D eigenvalue weighted by Crippen LogP contribution is 2.51. The van der Waals surface area contributed by atoms with Gasteiger partial charge in [-0.3, -0.25) is 0 Å². The molecule has 1 aliphatic heterocycles. The number of hydrogen-bond acceptors (Lipinski definition) is 4. The molecule has 3 unspecified atom stereocenters. The summed E-state index contributed by atoms with van der Waals surface area (Å²) in [6.45, 7) is 5.95. The van der Waals surface area contributed by atoms with Gasteiger partial charge in [-0.1, -0.05) is 18.2 Å². The molecular weight excluding hydrogens is 364 g/mol. The fourth-order valence-corrected chi connectivity index (χ4v) is 6.04. The summed E-state index contributed by atoms with van der Waals surface area (Å²) in [6.07, 6.45) is 7.00. The molecule has 0 saturated heterocycles. The van der Waals surface area contributed by atoms with E-state index in [0.717, 1.165) is 17.7 Å². The number of allylic oxidation sites excluding steroid dienone is 2. The minimum Gasteiger partial charge on any atom is -0.377 e. The third kappa shape index (κ3) is 2.92. The number of hydrogen-bond donors (Lipinski definition) is 2. The topological polar surface area (TPSA) is 58.2 Å². The predicted molar refractivity (Wildman–Crippen MR) is 107 cm³/mol. The van der Waals surface area contributed by atoms with Crippen molar-refractivity contribution in [2.24, 2.45) is 5.92 Å². The Hall–Kier alpha value is -1.89. The first-order valence-electron chi connectivity index (χ1n) is 8.73. The smallest absolute Gasteiger partial charge is 0.240 e. The number of anilines is 1. The van der Waals surface area contributed by atoms with Crippen LogP contribution in [0.2, 0.25) is 0 Å². The zero-order valence-corrected chi connectivity index (χ0v) is 16.2. The molecule has 0 saturated carbocycles. The normalized spacial score (nSPS) is 24.0. The first-order chi connectivity index (χ1) is 12.5. The summed E-state index contributed by atoms with van der Waals surface area (Å²) in [6, 6.07) is 7.82. The maximum Gasteiger partial charge on any atom is 0.240 e. The molecule has 1 aliphatic carbocycles. The average Bonchev–Trinajstić information content (AvgIpc) is 3.28. The number of thiophene rings is 1. The van der Waals surface area contributed by atoms with Gasteiger partial charge in [0.1, 0.15) is 0 Å². The molecule has 4 nitrogen and oxygen atoms in total. The summed E-state index contributed by atoms with van der Waals surface area (Å²) in [4.78, 5) is 1.68. The van der Waals surface area contributed by atoms with Gasteiger partial charge in [0.15, 0.2) is 0 Å². The van der Waals surface area contributed by atoms with Gasteiger partial charge in [0.05, 0.1) is 10.9 Å². The summed E-state index contributed by atoms with van der Waals surface area (Å²) < 4.78 is 27.5. The molecule has 4 rings (SSSR count). The van der Waals surface area contributed by atoms with Crippen molar-refractivity contribution < 1.29 is 8.42 Å². The van der Waals surface area contributed by atoms with Crippen LogP contribution in [0.3, 0.4) is 0 Å². The number of nitrogens with one attached hydrogen (secondary N) is 2. The zero-order chi connectivity index (χ0) is 18.3. The van der Waals surface area contributed by atoms with Gasteiger partial charge in [-0.25, -0.2) is 13.1 Å². The van der Waals surface area contributed by atoms with Crippen molar-refractivity contribution in [1.82, 2.24) is 4.72 Å². The third-order valence-electron chi connectivity index (χ3n) is 5.25. The lowest BCUT2D eigenvalue weighted by molar-refractivity contribution is 0.428. The fourth-order valence-electron chi connectivity index (χ4n) is 3.95. The molecule has 0 fully saturated rings. The van der Waals surface area contributed by atoms with Crippen LogP contribution < -0.4 is 10.0 Å². The molecule has 2 N–H and O–H groups in total. The van der Waals surface area contributed by atoms with Crippen LogP contribution in [0.1, 0.15) is 34.4 Å². The molecule has 6 heteroatoms. The maximum atomic E-state index is 12.5. The summed E-state index contributed by atoms with van der Waals surface area (Å²) in [5, 5.41) is 5.81. The van der Waals surface area contributed by atoms with E-state index in [4.69, 9.17) is 0 Å². The molecule has 136 valence electrons. The Labute approximate surface area is 158 Å². The van der Waals surface area contributed by atoms with E-state index in [2.05, 4.69) is 47.1 Å². The van der Waals surface area contributed by atoms with Gasteiger partial charge in [-0.15, -0.1) is 17.9 Å². The second kappa shape index (κ2) is 6.68. The van der Waals surface area contributed by atoms with E-state index < -0.39 is 10.0 Å². The number of fused-ring (bicyclic) bond motifs is 3. The van der Waals surface area contributed by atoms with Crippen LogP contribution in [0.15, 0.2) is 59.3 Å². The molecule has 1 aromatic heterocycles. The van der Waals surface area contributed by atoms with Crippen LogP contribution in [0.25, 0.3) is 0 Å². The molecule has 0 amide bonds. The fraction of sp³-hybridized carbons (Fsp3) is 0.300. The molecule has 26 heavy (non-hydrogen) atoms. The monoisotopic (exact) mass is 386 g/mol. The minimum absolute atomic E-state index is 0.226. The Morgan fingerprint density at radius 1 is 1.38 bits per heavy atom. The van der Waals surface area contributed by atoms with Crippen LogP contribution in [0.5, 0.6) is 0 Å². The van der Waals surface area contributed by atoms with E-state index >= 15 is 0 Å². The standard InChI is InChI=1S/C20H22N2O2S2/c1-3-10-21-26(23,24)14-7-8-18-17(12-14)15-5-4-6-16(15)19(22-18)20-13(2)9-11-25-20/h3-5,7-9,11-12,15-16,19,21-22H,1,6,10H2,2H3. The molecule has 2 aromatic rings. The van der Waals surface area contributed by atoms with Crippen LogP contribution in [-0.2, 0) is 10.0 Å². The summed E-state index contributed by atoms with van der Waals surface area (Å²) in [5.74, 6) is 0.659. The van der Waals surface area contributed by atoms with Gasteiger partial charge in [-0.2, -0.15) is 0 Å². The Morgan fingerprint density at radius 2 is 2.23 bits per heavy atom. The van der Waals surface area contributed by atoms with Crippen molar-refractivity contribution in [3.63, 3.8) is 0 Å². The number of sulfonamides is 1. The van der Waals surface area contributed by atoms with E-state index in [0.29, 0.717) is 10.8 Å². The Bertz CT molecular complexity index is 975. The quantitative estimate of drug-likeness (QED) is 0.751. The van der Waals surface area contributed by atoms with E-state index in [1.54, 1.807) is 23.5 Å². The number of aryl methyl sites for hydroxylation is 1. The van der Waals surface area contributed by atoms with Crippen LogP contribution in [-0.4, -0.2) is 15.0 Å². The lowest BCUT2D eigenvalue weighted by Crippen LogP contribution is -2.29. The second-order valence-corrected chi connectivity index (χ2v) is 9.55. The SMILES string of the molecule is C=CCNS(=O)(=O)c1ccc2c(c1)C1C=CCC1C(c1sccc1C)N2. The second-order valence-electron chi connectivity index (χ2n) is 6.83. The third-order valence-corrected chi connectivity index (χ3v) is 7.77. The van der Waals surface area contributed by atoms with Gasteiger partial charge < -0.3 is 5.32 Å². The highest BCUT2D eigenvalue weighted by atomic mass is 32.2. The van der Waals surface area contributed by atoms with Gasteiger partial charge >= 0.3 is 0 Å². The van der Waals surface area contributed by atoms with E-state index in [-0.39, 0.29) is 18.5 Å². The van der Waals surface area contributed by atoms with E-state index in [1.165, 1.54) is 10.4 Å². The molecule has 2 aliphatic rings. The van der Waals surface area contributed by atoms with Crippen LogP contribution in [0, 0.1) is 12.8 Å². The highest BCUT2D eigenvalue weighted by Gasteiger charge is 2.39. The molecule has 1 aromatic carbocycles. The molecule has 2 heterocycles. The van der Waals surface area contributed by atoms with Crippen molar-refractivity contribution in [2.45, 2.75) is 30.2 Å². The van der Waals surface area contributed by atoms with Gasteiger partial charge in [-0.05, 0) is 60.0 Å². The van der Waals surface area contributed by atoms with E-state index in [1.807, 2.05) is 12.1 Å². The highest BCUT2D eigenvalue weighted by molar-refractivity contribution is 7.89. The van der Waals surface area contributed by atoms with Gasteiger partial charge in [0, 0.05) is 23.0 Å². The molecular formula is C20H22N2O2S2. The largest absolute Gasteiger partial charge is 0.377 e. The first-order valence-corrected chi connectivity index (χ1v) is 11.1. The van der Waals surface area contributed by atoms with Crippen molar-refractivity contribution in [2.75, 3.05) is 11.9 Å². The van der Waals surface area contributed by atoms with Crippen molar-refractivity contribution in [1.29, 1.82) is 0 Å². The van der Waals surface area contributed by atoms with E-state index in [9.17, 15) is 8.42 Å². The summed E-state index contributed by atoms with van der Waals surface area (Å²) >= 11 is 1.79. The Morgan fingerprint density at radius 3 is 2.96 bits per heavy atom. The van der Waals surface area contributed by atoms with Crippen LogP contribution in [0.4, 0.5) is 5.69 Å². The molecule has 3 atom stereocenters. The summed E-state index contributed by atoms with van der Waals surface area (Å²) in [5.41, 5.74) is 3.41. The molecule has 0 radical (unpaired) electrons. The Kier molecular flexibility index (Phi) is 4.50. The molecule has 0 spiro atoms. The van der Waals surface area contributed by atoms with Crippen molar-refractivity contribution in [3.05, 3.63) is 70.5 Å². The average molecular weight is 387 g/mol. The Balaban J connectivity index is 1.74. The summed E-state index contributed by atoms with van der Waals surface area (Å²) in [7, 11) is -3.52. The van der Waals surface area contributed by atoms with Crippen molar-refractivity contribution in [3.8, 4) is 0 Å². The first kappa shape index (κ1) is 17.5. The zero-order valence-electron chi connectivity index (χ0n) is 14.6. The van der Waals surface area contributed by atoms with Crippen molar-refractivity contribution >= 4 is 27.0 Å². The maximum absolute atomic E-state index is 12.5. The lowest BCUT2D eigenvalue weighted by atomic mass is 9.78. The lowest BCUT2D eigenvalue weighted by Gasteiger charge is -2.37. The predicted octanol–water partition coefficient (Wildman–Crippen LogP) is 4.35. The molecule has 0 bridgehead atoms. The van der Waals surface area contributed by atoms with Gasteiger partial charge in [0.2, 0.25) is 10.0 Å². The number of benzene rings is 1. The minimum atomic E-state index is -3.52.